The molecule has 0 heterocycles. The highest BCUT2D eigenvalue weighted by atomic mass is 28.3. The van der Waals surface area contributed by atoms with E-state index in [1.807, 2.05) is 0 Å². The maximum atomic E-state index is 12.7. The van der Waals surface area contributed by atoms with Gasteiger partial charge in [-0.3, -0.25) is 0 Å². The van der Waals surface area contributed by atoms with Crippen LogP contribution in [0.2, 0.25) is 18.1 Å². The second kappa shape index (κ2) is 9.27. The van der Waals surface area contributed by atoms with Crippen molar-refractivity contribution >= 4 is 20.1 Å². The number of alkyl carbamates (subject to hydrolysis) is 1. The summed E-state index contributed by atoms with van der Waals surface area (Å²) < 4.78 is 11.0. The van der Waals surface area contributed by atoms with E-state index in [9.17, 15) is 9.59 Å². The van der Waals surface area contributed by atoms with Gasteiger partial charge in [-0.1, -0.05) is 45.9 Å². The minimum absolute atomic E-state index is 0.00563. The fourth-order valence-corrected chi connectivity index (χ4v) is 3.61. The topological polar surface area (TPSA) is 64.6 Å². The van der Waals surface area contributed by atoms with Crippen molar-refractivity contribution in [1.82, 2.24) is 5.32 Å². The van der Waals surface area contributed by atoms with E-state index < -0.39 is 37.5 Å². The van der Waals surface area contributed by atoms with Gasteiger partial charge in [-0.2, -0.15) is 0 Å². The van der Waals surface area contributed by atoms with Gasteiger partial charge >= 0.3 is 12.1 Å². The van der Waals surface area contributed by atoms with Gasteiger partial charge in [0.15, 0.2) is 0 Å². The third-order valence-electron chi connectivity index (χ3n) is 4.48. The SMILES string of the molecule is C=CCC(NC(=O)OC(C)(C)C)C(=O)O[C@H](C#CC)[Si](C)(C)C(C)(C)C. The number of rotatable bonds is 6. The number of esters is 1. The molecule has 148 valence electrons. The smallest absolute Gasteiger partial charge is 0.408 e. The second-order valence-electron chi connectivity index (χ2n) is 8.91. The van der Waals surface area contributed by atoms with E-state index in [2.05, 4.69) is 57.6 Å². The summed E-state index contributed by atoms with van der Waals surface area (Å²) in [4.78, 5) is 24.7. The lowest BCUT2D eigenvalue weighted by Gasteiger charge is -2.40. The summed E-state index contributed by atoms with van der Waals surface area (Å²) in [5.74, 6) is 5.40. The summed E-state index contributed by atoms with van der Waals surface area (Å²) in [5, 5.41) is 2.57. The molecule has 0 aromatic rings. The molecule has 0 aliphatic carbocycles. The normalized spacial score (nSPS) is 14.3. The highest BCUT2D eigenvalue weighted by Crippen LogP contribution is 2.39. The van der Waals surface area contributed by atoms with Gasteiger partial charge in [-0.25, -0.2) is 9.59 Å². The first-order valence-electron chi connectivity index (χ1n) is 8.89. The zero-order valence-corrected chi connectivity index (χ0v) is 18.8. The van der Waals surface area contributed by atoms with Gasteiger partial charge in [-0.15, -0.1) is 12.5 Å². The third-order valence-corrected chi connectivity index (χ3v) is 9.91. The molecule has 0 bridgehead atoms. The lowest BCUT2D eigenvalue weighted by molar-refractivity contribution is -0.146. The standard InChI is InChI=1S/C20H35NO4Si/c1-11-13-15(21-18(23)25-19(3,4)5)17(22)24-16(14-12-2)26(9,10)20(6,7)8/h11,15-16H,1,13H2,2-10H3,(H,21,23)/t15?,16-/m0/s1. The van der Waals surface area contributed by atoms with E-state index in [0.29, 0.717) is 0 Å². The molecule has 1 amide bonds. The van der Waals surface area contributed by atoms with Crippen LogP contribution >= 0.6 is 0 Å². The molecule has 2 atom stereocenters. The average Bonchev–Trinajstić information content (AvgIpc) is 2.42. The molecule has 5 nitrogen and oxygen atoms in total. The predicted octanol–water partition coefficient (Wildman–Crippen LogP) is 4.44. The van der Waals surface area contributed by atoms with Crippen molar-refractivity contribution in [2.45, 2.75) is 90.4 Å². The molecule has 0 spiro atoms. The highest BCUT2D eigenvalue weighted by molar-refractivity contribution is 6.82. The molecule has 0 aliphatic heterocycles. The Morgan fingerprint density at radius 2 is 1.73 bits per heavy atom. The number of hydrogen-bond acceptors (Lipinski definition) is 4. The molecular weight excluding hydrogens is 346 g/mol. The van der Waals surface area contributed by atoms with Crippen LogP contribution in [0.15, 0.2) is 12.7 Å². The molecule has 26 heavy (non-hydrogen) atoms. The molecule has 0 aromatic carbocycles. The number of hydrogen-bond donors (Lipinski definition) is 1. The Bertz CT molecular complexity index is 573. The molecule has 0 saturated carbocycles. The van der Waals surface area contributed by atoms with Gasteiger partial charge < -0.3 is 14.8 Å². The van der Waals surface area contributed by atoms with Crippen LogP contribution in [-0.4, -0.2) is 37.5 Å². The largest absolute Gasteiger partial charge is 0.452 e. The van der Waals surface area contributed by atoms with Crippen LogP contribution in [0.4, 0.5) is 4.79 Å². The van der Waals surface area contributed by atoms with Gasteiger partial charge in [0.25, 0.3) is 0 Å². The van der Waals surface area contributed by atoms with Crippen LogP contribution in [0.1, 0.15) is 54.9 Å². The average molecular weight is 382 g/mol. The summed E-state index contributed by atoms with van der Waals surface area (Å²) in [6.45, 7) is 21.4. The van der Waals surface area contributed by atoms with E-state index in [0.717, 1.165) is 0 Å². The molecule has 0 radical (unpaired) electrons. The fourth-order valence-electron chi connectivity index (χ4n) is 1.91. The van der Waals surface area contributed by atoms with Crippen LogP contribution in [0.5, 0.6) is 0 Å². The first-order valence-corrected chi connectivity index (χ1v) is 12.0. The number of ether oxygens (including phenoxy) is 2. The van der Waals surface area contributed by atoms with Gasteiger partial charge in [0.05, 0.1) is 0 Å². The lowest BCUT2D eigenvalue weighted by atomic mass is 10.2. The summed E-state index contributed by atoms with van der Waals surface area (Å²) >= 11 is 0. The highest BCUT2D eigenvalue weighted by Gasteiger charge is 2.44. The van der Waals surface area contributed by atoms with Crippen molar-refractivity contribution in [1.29, 1.82) is 0 Å². The predicted molar refractivity (Wildman–Crippen MR) is 108 cm³/mol. The molecule has 6 heteroatoms. The van der Waals surface area contributed by atoms with E-state index >= 15 is 0 Å². The van der Waals surface area contributed by atoms with Gasteiger partial charge in [0.2, 0.25) is 0 Å². The number of carbonyl (C=O) groups excluding carboxylic acids is 2. The van der Waals surface area contributed by atoms with Crippen LogP contribution < -0.4 is 5.32 Å². The Hall–Kier alpha value is -1.74. The van der Waals surface area contributed by atoms with Crippen molar-refractivity contribution in [3.05, 3.63) is 12.7 Å². The minimum Gasteiger partial charge on any atom is -0.452 e. The summed E-state index contributed by atoms with van der Waals surface area (Å²) in [6.07, 6.45) is 1.16. The molecule has 0 aromatic heterocycles. The summed E-state index contributed by atoms with van der Waals surface area (Å²) in [7, 11) is -2.05. The van der Waals surface area contributed by atoms with Crippen molar-refractivity contribution in [3.8, 4) is 11.8 Å². The van der Waals surface area contributed by atoms with Crippen LogP contribution in [-0.2, 0) is 14.3 Å². The monoisotopic (exact) mass is 381 g/mol. The zero-order chi connectivity index (χ0) is 20.8. The molecular formula is C20H35NO4Si. The Labute approximate surface area is 159 Å². The molecule has 0 rings (SSSR count). The maximum absolute atomic E-state index is 12.7. The van der Waals surface area contributed by atoms with E-state index in [-0.39, 0.29) is 11.5 Å². The Balaban J connectivity index is 5.35. The Morgan fingerprint density at radius 3 is 2.12 bits per heavy atom. The number of carbonyl (C=O) groups is 2. The van der Waals surface area contributed by atoms with Crippen molar-refractivity contribution < 1.29 is 19.1 Å². The second-order valence-corrected chi connectivity index (χ2v) is 14.4. The Kier molecular flexibility index (Phi) is 8.65. The third kappa shape index (κ3) is 7.65. The Morgan fingerprint density at radius 1 is 1.19 bits per heavy atom. The molecule has 1 N–H and O–H groups in total. The van der Waals surface area contributed by atoms with E-state index in [1.165, 1.54) is 0 Å². The number of amides is 1. The quantitative estimate of drug-likeness (QED) is 0.320. The van der Waals surface area contributed by atoms with Gasteiger partial charge in [0, 0.05) is 0 Å². The first-order chi connectivity index (χ1) is 11.7. The molecule has 0 saturated heterocycles. The fraction of sp³-hybridized carbons (Fsp3) is 0.700. The molecule has 1 unspecified atom stereocenters. The van der Waals surface area contributed by atoms with Crippen molar-refractivity contribution in [2.24, 2.45) is 0 Å². The summed E-state index contributed by atoms with van der Waals surface area (Å²) in [5.41, 5.74) is -1.11. The van der Waals surface area contributed by atoms with Crippen LogP contribution in [0.25, 0.3) is 0 Å². The molecule has 0 aliphatic rings. The summed E-state index contributed by atoms with van der Waals surface area (Å²) in [6, 6.07) is -0.853. The lowest BCUT2D eigenvalue weighted by Crippen LogP contribution is -2.53. The maximum Gasteiger partial charge on any atom is 0.408 e. The first kappa shape index (κ1) is 24.3. The number of nitrogens with one attached hydrogen (secondary N) is 1. The minimum atomic E-state index is -2.05. The molecule has 0 fully saturated rings. The van der Waals surface area contributed by atoms with E-state index in [4.69, 9.17) is 9.47 Å². The van der Waals surface area contributed by atoms with Gasteiger partial charge in [-0.05, 0) is 39.2 Å². The van der Waals surface area contributed by atoms with Crippen LogP contribution in [0, 0.1) is 11.8 Å². The van der Waals surface area contributed by atoms with Gasteiger partial charge in [0.1, 0.15) is 25.4 Å². The van der Waals surface area contributed by atoms with Crippen LogP contribution in [0.3, 0.4) is 0 Å². The zero-order valence-electron chi connectivity index (χ0n) is 17.8. The van der Waals surface area contributed by atoms with Crippen molar-refractivity contribution in [3.63, 3.8) is 0 Å². The van der Waals surface area contributed by atoms with E-state index in [1.54, 1.807) is 33.8 Å². The van der Waals surface area contributed by atoms with Crippen molar-refractivity contribution in [2.75, 3.05) is 0 Å².